The number of rotatable bonds is 6. The molecule has 110 valence electrons. The van der Waals surface area contributed by atoms with Gasteiger partial charge in [-0.2, -0.15) is 0 Å². The van der Waals surface area contributed by atoms with Crippen LogP contribution < -0.4 is 10.1 Å². The molecule has 2 aromatic carbocycles. The highest BCUT2D eigenvalue weighted by Crippen LogP contribution is 2.12. The molecule has 1 amide bonds. The first-order valence-electron chi connectivity index (χ1n) is 6.85. The van der Waals surface area contributed by atoms with E-state index in [9.17, 15) is 4.79 Å². The van der Waals surface area contributed by atoms with Crippen LogP contribution in [0.4, 0.5) is 0 Å². The number of para-hydroxylation sites is 1. The van der Waals surface area contributed by atoms with E-state index in [0.29, 0.717) is 13.0 Å². The average molecular weight is 348 g/mol. The monoisotopic (exact) mass is 347 g/mol. The van der Waals surface area contributed by atoms with Gasteiger partial charge >= 0.3 is 0 Å². The number of nitrogens with one attached hydrogen (secondary N) is 1. The summed E-state index contributed by atoms with van der Waals surface area (Å²) in [7, 11) is 0. The fraction of sp³-hybridized carbons (Fsp3) is 0.235. The van der Waals surface area contributed by atoms with Gasteiger partial charge in [-0.15, -0.1) is 0 Å². The van der Waals surface area contributed by atoms with Crippen molar-refractivity contribution in [2.75, 3.05) is 6.61 Å². The van der Waals surface area contributed by atoms with Crippen molar-refractivity contribution in [3.8, 4) is 5.75 Å². The Balaban J connectivity index is 1.77. The molecule has 0 aliphatic heterocycles. The first kappa shape index (κ1) is 15.6. The quantitative estimate of drug-likeness (QED) is 0.867. The lowest BCUT2D eigenvalue weighted by molar-refractivity contribution is -0.121. The molecule has 2 aromatic rings. The van der Waals surface area contributed by atoms with Crippen molar-refractivity contribution >= 4 is 21.8 Å². The maximum absolute atomic E-state index is 12.0. The standard InChI is InChI=1S/C17H18BrNO2/c1-13(12-21-16-8-3-2-4-9-16)19-17(20)11-14-6-5-7-15(18)10-14/h2-10,13H,11-12H2,1H3,(H,19,20)/t13-/m0/s1. The van der Waals surface area contributed by atoms with Crippen molar-refractivity contribution in [2.45, 2.75) is 19.4 Å². The number of ether oxygens (including phenoxy) is 1. The fourth-order valence-electron chi connectivity index (χ4n) is 1.94. The van der Waals surface area contributed by atoms with Gasteiger partial charge in [-0.25, -0.2) is 0 Å². The van der Waals surface area contributed by atoms with Crippen LogP contribution in [0, 0.1) is 0 Å². The first-order valence-corrected chi connectivity index (χ1v) is 7.64. The van der Waals surface area contributed by atoms with E-state index in [2.05, 4.69) is 21.2 Å². The number of carbonyl (C=O) groups excluding carboxylic acids is 1. The van der Waals surface area contributed by atoms with Crippen LogP contribution in [0.3, 0.4) is 0 Å². The molecular formula is C17H18BrNO2. The zero-order valence-electron chi connectivity index (χ0n) is 11.9. The van der Waals surface area contributed by atoms with E-state index < -0.39 is 0 Å². The molecule has 1 N–H and O–H groups in total. The van der Waals surface area contributed by atoms with Crippen LogP contribution in [0.2, 0.25) is 0 Å². The van der Waals surface area contributed by atoms with Gasteiger partial charge in [0.15, 0.2) is 0 Å². The lowest BCUT2D eigenvalue weighted by Crippen LogP contribution is -2.37. The van der Waals surface area contributed by atoms with E-state index in [0.717, 1.165) is 15.8 Å². The Hall–Kier alpha value is -1.81. The molecule has 0 bridgehead atoms. The molecular weight excluding hydrogens is 330 g/mol. The maximum Gasteiger partial charge on any atom is 0.224 e. The topological polar surface area (TPSA) is 38.3 Å². The summed E-state index contributed by atoms with van der Waals surface area (Å²) >= 11 is 3.40. The average Bonchev–Trinajstić information content (AvgIpc) is 2.46. The van der Waals surface area contributed by atoms with E-state index in [1.54, 1.807) is 0 Å². The number of hydrogen-bond donors (Lipinski definition) is 1. The van der Waals surface area contributed by atoms with Gasteiger partial charge in [0.25, 0.3) is 0 Å². The number of hydrogen-bond acceptors (Lipinski definition) is 2. The highest BCUT2D eigenvalue weighted by molar-refractivity contribution is 9.10. The molecule has 0 saturated heterocycles. The molecule has 0 aromatic heterocycles. The van der Waals surface area contributed by atoms with Crippen LogP contribution >= 0.6 is 15.9 Å². The van der Waals surface area contributed by atoms with Gasteiger partial charge in [-0.3, -0.25) is 4.79 Å². The molecule has 4 heteroatoms. The molecule has 3 nitrogen and oxygen atoms in total. The van der Waals surface area contributed by atoms with E-state index >= 15 is 0 Å². The highest BCUT2D eigenvalue weighted by atomic mass is 79.9. The SMILES string of the molecule is C[C@@H](COc1ccccc1)NC(=O)Cc1cccc(Br)c1. The van der Waals surface area contributed by atoms with Gasteiger partial charge < -0.3 is 10.1 Å². The lowest BCUT2D eigenvalue weighted by atomic mass is 10.1. The molecule has 2 rings (SSSR count). The number of amides is 1. The molecule has 0 aliphatic rings. The molecule has 1 atom stereocenters. The van der Waals surface area contributed by atoms with Gasteiger partial charge in [0.05, 0.1) is 12.5 Å². The second kappa shape index (κ2) is 7.84. The Labute approximate surface area is 133 Å². The summed E-state index contributed by atoms with van der Waals surface area (Å²) in [6.45, 7) is 2.38. The molecule has 0 spiro atoms. The Morgan fingerprint density at radius 2 is 1.95 bits per heavy atom. The van der Waals surface area contributed by atoms with Crippen molar-refractivity contribution in [3.05, 3.63) is 64.6 Å². The van der Waals surface area contributed by atoms with E-state index in [1.165, 1.54) is 0 Å². The second-order valence-electron chi connectivity index (χ2n) is 4.90. The molecule has 0 unspecified atom stereocenters. The highest BCUT2D eigenvalue weighted by Gasteiger charge is 2.09. The van der Waals surface area contributed by atoms with Gasteiger partial charge in [-0.05, 0) is 36.8 Å². The van der Waals surface area contributed by atoms with E-state index in [4.69, 9.17) is 4.74 Å². The molecule has 0 aliphatic carbocycles. The molecule has 0 heterocycles. The van der Waals surface area contributed by atoms with E-state index in [1.807, 2.05) is 61.5 Å². The van der Waals surface area contributed by atoms with Gasteiger partial charge in [0.1, 0.15) is 12.4 Å². The van der Waals surface area contributed by atoms with Gasteiger partial charge in [0, 0.05) is 4.47 Å². The van der Waals surface area contributed by atoms with Crippen LogP contribution in [0.15, 0.2) is 59.1 Å². The summed E-state index contributed by atoms with van der Waals surface area (Å²) in [5.41, 5.74) is 0.984. The molecule has 0 saturated carbocycles. The van der Waals surface area contributed by atoms with Crippen LogP contribution in [0.5, 0.6) is 5.75 Å². The maximum atomic E-state index is 12.0. The van der Waals surface area contributed by atoms with Crippen LogP contribution in [-0.4, -0.2) is 18.6 Å². The zero-order chi connectivity index (χ0) is 15.1. The normalized spacial score (nSPS) is 11.7. The van der Waals surface area contributed by atoms with Gasteiger partial charge in [0.2, 0.25) is 5.91 Å². The van der Waals surface area contributed by atoms with Crippen molar-refractivity contribution in [1.82, 2.24) is 5.32 Å². The van der Waals surface area contributed by atoms with Crippen LogP contribution in [-0.2, 0) is 11.2 Å². The fourth-order valence-corrected chi connectivity index (χ4v) is 2.38. The second-order valence-corrected chi connectivity index (χ2v) is 5.81. The predicted molar refractivity (Wildman–Crippen MR) is 87.4 cm³/mol. The van der Waals surface area contributed by atoms with Crippen LogP contribution in [0.25, 0.3) is 0 Å². The summed E-state index contributed by atoms with van der Waals surface area (Å²) in [4.78, 5) is 12.0. The molecule has 0 fully saturated rings. The van der Waals surface area contributed by atoms with Crippen LogP contribution in [0.1, 0.15) is 12.5 Å². The smallest absolute Gasteiger partial charge is 0.224 e. The third-order valence-corrected chi connectivity index (χ3v) is 3.40. The minimum atomic E-state index is -0.0372. The Kier molecular flexibility index (Phi) is 5.81. The summed E-state index contributed by atoms with van der Waals surface area (Å²) in [5.74, 6) is 0.808. The number of benzene rings is 2. The molecule has 0 radical (unpaired) electrons. The summed E-state index contributed by atoms with van der Waals surface area (Å²) in [5, 5.41) is 2.94. The minimum Gasteiger partial charge on any atom is -0.491 e. The summed E-state index contributed by atoms with van der Waals surface area (Å²) in [6, 6.07) is 17.3. The van der Waals surface area contributed by atoms with Crippen molar-refractivity contribution in [2.24, 2.45) is 0 Å². The number of halogens is 1. The summed E-state index contributed by atoms with van der Waals surface area (Å²) in [6.07, 6.45) is 0.370. The Bertz CT molecular complexity index is 586. The van der Waals surface area contributed by atoms with Crippen molar-refractivity contribution < 1.29 is 9.53 Å². The number of carbonyl (C=O) groups is 1. The Morgan fingerprint density at radius 3 is 2.67 bits per heavy atom. The van der Waals surface area contributed by atoms with Crippen molar-refractivity contribution in [3.63, 3.8) is 0 Å². The van der Waals surface area contributed by atoms with E-state index in [-0.39, 0.29) is 11.9 Å². The van der Waals surface area contributed by atoms with Gasteiger partial charge in [-0.1, -0.05) is 46.3 Å². The third kappa shape index (κ3) is 5.60. The predicted octanol–water partition coefficient (Wildman–Crippen LogP) is 3.58. The largest absolute Gasteiger partial charge is 0.491 e. The molecule has 21 heavy (non-hydrogen) atoms. The first-order chi connectivity index (χ1) is 10.1. The summed E-state index contributed by atoms with van der Waals surface area (Å²) < 4.78 is 6.60. The Morgan fingerprint density at radius 1 is 1.19 bits per heavy atom. The van der Waals surface area contributed by atoms with Crippen molar-refractivity contribution in [1.29, 1.82) is 0 Å². The lowest BCUT2D eigenvalue weighted by Gasteiger charge is -2.15. The third-order valence-electron chi connectivity index (χ3n) is 2.90. The zero-order valence-corrected chi connectivity index (χ0v) is 13.5. The minimum absolute atomic E-state index is 0.00254.